The zero-order valence-electron chi connectivity index (χ0n) is 18.7. The Hall–Kier alpha value is -4.02. The van der Waals surface area contributed by atoms with Gasteiger partial charge in [-0.1, -0.05) is 30.3 Å². The predicted octanol–water partition coefficient (Wildman–Crippen LogP) is 4.85. The van der Waals surface area contributed by atoms with E-state index < -0.39 is 0 Å². The van der Waals surface area contributed by atoms with E-state index in [-0.39, 0.29) is 12.5 Å². The normalized spacial score (nSPS) is 11.0. The van der Waals surface area contributed by atoms with Crippen molar-refractivity contribution in [3.05, 3.63) is 101 Å². The summed E-state index contributed by atoms with van der Waals surface area (Å²) in [5, 5.41) is 12.8. The van der Waals surface area contributed by atoms with E-state index in [1.807, 2.05) is 77.9 Å². The molecule has 1 aromatic carbocycles. The van der Waals surface area contributed by atoms with Crippen LogP contribution in [0, 0.1) is 25.2 Å². The molecule has 0 fully saturated rings. The Morgan fingerprint density at radius 2 is 1.70 bits per heavy atom. The van der Waals surface area contributed by atoms with Gasteiger partial charge in [-0.3, -0.25) is 9.69 Å². The van der Waals surface area contributed by atoms with Crippen molar-refractivity contribution in [2.75, 3.05) is 11.9 Å². The molecule has 168 valence electrons. The molecular weight excluding hydrogens is 416 g/mol. The van der Waals surface area contributed by atoms with Crippen LogP contribution in [0.3, 0.4) is 0 Å². The van der Waals surface area contributed by atoms with E-state index >= 15 is 0 Å². The number of aromatic nitrogens is 1. The maximum Gasteiger partial charge on any atom is 0.239 e. The summed E-state index contributed by atoms with van der Waals surface area (Å²) in [5.41, 5.74) is 3.32. The number of carbonyl (C=O) groups is 1. The second kappa shape index (κ2) is 10.1. The van der Waals surface area contributed by atoms with Crippen LogP contribution < -0.4 is 5.32 Å². The van der Waals surface area contributed by atoms with Crippen LogP contribution in [0.5, 0.6) is 0 Å². The van der Waals surface area contributed by atoms with Gasteiger partial charge >= 0.3 is 0 Å². The molecule has 1 N–H and O–H groups in total. The van der Waals surface area contributed by atoms with Crippen LogP contribution in [0.2, 0.25) is 0 Å². The first kappa shape index (κ1) is 22.2. The summed E-state index contributed by atoms with van der Waals surface area (Å²) in [7, 11) is 0. The van der Waals surface area contributed by atoms with Gasteiger partial charge in [0.2, 0.25) is 5.91 Å². The maximum atomic E-state index is 13.2. The molecule has 0 aliphatic rings. The highest BCUT2D eigenvalue weighted by Gasteiger charge is 2.22. The van der Waals surface area contributed by atoms with Crippen LogP contribution in [0.15, 0.2) is 76.0 Å². The third kappa shape index (κ3) is 5.25. The van der Waals surface area contributed by atoms with Crippen LogP contribution >= 0.6 is 0 Å². The minimum atomic E-state index is -0.202. The summed E-state index contributed by atoms with van der Waals surface area (Å²) < 4.78 is 12.9. The quantitative estimate of drug-likeness (QED) is 0.400. The second-order valence-electron chi connectivity index (χ2n) is 7.97. The van der Waals surface area contributed by atoms with Gasteiger partial charge in [0.25, 0.3) is 0 Å². The minimum Gasteiger partial charge on any atom is -0.468 e. The standard InChI is InChI=1S/C26H26N4O3/c1-19-20(2)30(17-23-11-7-13-33-23)26(24(19)14-27)28-25(31)18-29(16-22-10-6-12-32-22)15-21-8-4-3-5-9-21/h3-13H,15-18H2,1-2H3,(H,28,31). The molecular formula is C26H26N4O3. The van der Waals surface area contributed by atoms with Gasteiger partial charge in [-0.2, -0.15) is 5.26 Å². The number of hydrogen-bond acceptors (Lipinski definition) is 5. The Morgan fingerprint density at radius 3 is 2.33 bits per heavy atom. The van der Waals surface area contributed by atoms with Gasteiger partial charge in [-0.25, -0.2) is 0 Å². The number of hydrogen-bond donors (Lipinski definition) is 1. The molecule has 0 bridgehead atoms. The maximum absolute atomic E-state index is 13.2. The summed E-state index contributed by atoms with van der Waals surface area (Å²) in [6.07, 6.45) is 3.24. The Bertz CT molecular complexity index is 1230. The molecule has 0 atom stereocenters. The fraction of sp³-hybridized carbons (Fsp3) is 0.231. The van der Waals surface area contributed by atoms with Gasteiger partial charge in [0, 0.05) is 12.2 Å². The highest BCUT2D eigenvalue weighted by atomic mass is 16.3. The Balaban J connectivity index is 1.55. The SMILES string of the molecule is Cc1c(C#N)c(NC(=O)CN(Cc2ccccc2)Cc2ccco2)n(Cc2ccco2)c1C. The zero-order valence-corrected chi connectivity index (χ0v) is 18.7. The lowest BCUT2D eigenvalue weighted by Gasteiger charge is -2.21. The smallest absolute Gasteiger partial charge is 0.239 e. The molecule has 0 radical (unpaired) electrons. The predicted molar refractivity (Wildman–Crippen MR) is 124 cm³/mol. The van der Waals surface area contributed by atoms with Crippen LogP contribution in [0.1, 0.15) is 33.9 Å². The molecule has 0 aliphatic carbocycles. The van der Waals surface area contributed by atoms with Gasteiger partial charge in [-0.05, 0) is 49.2 Å². The van der Waals surface area contributed by atoms with Crippen LogP contribution in [0.25, 0.3) is 0 Å². The summed E-state index contributed by atoms with van der Waals surface area (Å²) in [4.78, 5) is 15.2. The van der Waals surface area contributed by atoms with Gasteiger partial charge in [-0.15, -0.1) is 0 Å². The fourth-order valence-corrected chi connectivity index (χ4v) is 3.89. The van der Waals surface area contributed by atoms with E-state index in [4.69, 9.17) is 8.83 Å². The number of amides is 1. The van der Waals surface area contributed by atoms with E-state index in [1.165, 1.54) is 0 Å². The van der Waals surface area contributed by atoms with Crippen molar-refractivity contribution >= 4 is 11.7 Å². The Morgan fingerprint density at radius 1 is 1.00 bits per heavy atom. The molecule has 3 heterocycles. The van der Waals surface area contributed by atoms with E-state index in [0.717, 1.165) is 28.3 Å². The van der Waals surface area contributed by atoms with Gasteiger partial charge < -0.3 is 18.7 Å². The van der Waals surface area contributed by atoms with E-state index in [1.54, 1.807) is 12.5 Å². The Labute approximate surface area is 192 Å². The first-order valence-electron chi connectivity index (χ1n) is 10.8. The van der Waals surface area contributed by atoms with E-state index in [2.05, 4.69) is 11.4 Å². The number of nitriles is 1. The molecule has 33 heavy (non-hydrogen) atoms. The third-order valence-corrected chi connectivity index (χ3v) is 5.67. The number of nitrogens with zero attached hydrogens (tertiary/aromatic N) is 3. The van der Waals surface area contributed by atoms with Crippen molar-refractivity contribution in [3.8, 4) is 6.07 Å². The van der Waals surface area contributed by atoms with Gasteiger partial charge in [0.15, 0.2) is 0 Å². The number of rotatable bonds is 9. The summed E-state index contributed by atoms with van der Waals surface area (Å²) in [5.74, 6) is 1.82. The topological polar surface area (TPSA) is 87.3 Å². The molecule has 7 nitrogen and oxygen atoms in total. The second-order valence-corrected chi connectivity index (χ2v) is 7.97. The highest BCUT2D eigenvalue weighted by Crippen LogP contribution is 2.27. The average Bonchev–Trinajstić information content (AvgIpc) is 3.55. The number of nitrogens with one attached hydrogen (secondary N) is 1. The molecule has 3 aromatic heterocycles. The molecule has 1 amide bonds. The largest absolute Gasteiger partial charge is 0.468 e. The molecule has 4 rings (SSSR count). The van der Waals surface area contributed by atoms with Gasteiger partial charge in [0.1, 0.15) is 23.4 Å². The van der Waals surface area contributed by atoms with Crippen molar-refractivity contribution in [2.45, 2.75) is 33.5 Å². The van der Waals surface area contributed by atoms with Crippen LogP contribution in [-0.4, -0.2) is 21.9 Å². The van der Waals surface area contributed by atoms with Crippen LogP contribution in [-0.2, 0) is 24.4 Å². The third-order valence-electron chi connectivity index (χ3n) is 5.67. The molecule has 0 aliphatic heterocycles. The molecule has 0 saturated heterocycles. The molecule has 4 aromatic rings. The summed E-state index contributed by atoms with van der Waals surface area (Å²) >= 11 is 0. The molecule has 0 saturated carbocycles. The van der Waals surface area contributed by atoms with E-state index in [9.17, 15) is 10.1 Å². The number of carbonyl (C=O) groups excluding carboxylic acids is 1. The van der Waals surface area contributed by atoms with Crippen LogP contribution in [0.4, 0.5) is 5.82 Å². The lowest BCUT2D eigenvalue weighted by Crippen LogP contribution is -2.33. The lowest BCUT2D eigenvalue weighted by molar-refractivity contribution is -0.117. The van der Waals surface area contributed by atoms with Crippen molar-refractivity contribution in [1.82, 2.24) is 9.47 Å². The van der Waals surface area contributed by atoms with Crippen molar-refractivity contribution in [3.63, 3.8) is 0 Å². The monoisotopic (exact) mass is 442 g/mol. The molecule has 7 heteroatoms. The molecule has 0 spiro atoms. The fourth-order valence-electron chi connectivity index (χ4n) is 3.89. The van der Waals surface area contributed by atoms with Crippen molar-refractivity contribution < 1.29 is 13.6 Å². The first-order chi connectivity index (χ1) is 16.0. The highest BCUT2D eigenvalue weighted by molar-refractivity contribution is 5.93. The summed E-state index contributed by atoms with van der Waals surface area (Å²) in [6, 6.07) is 19.7. The van der Waals surface area contributed by atoms with Gasteiger partial charge in [0.05, 0.1) is 37.7 Å². The minimum absolute atomic E-state index is 0.143. The summed E-state index contributed by atoms with van der Waals surface area (Å²) in [6.45, 7) is 5.48. The first-order valence-corrected chi connectivity index (χ1v) is 10.8. The molecule has 0 unspecified atom stereocenters. The number of furan rings is 2. The van der Waals surface area contributed by atoms with E-state index in [0.29, 0.717) is 31.0 Å². The Kier molecular flexibility index (Phi) is 6.77. The number of anilines is 1. The lowest BCUT2D eigenvalue weighted by atomic mass is 10.2. The van der Waals surface area contributed by atoms with Crippen molar-refractivity contribution in [2.24, 2.45) is 0 Å². The average molecular weight is 443 g/mol. The number of benzene rings is 1. The zero-order chi connectivity index (χ0) is 23.2. The van der Waals surface area contributed by atoms with Crippen molar-refractivity contribution in [1.29, 1.82) is 5.26 Å².